The average Bonchev–Trinajstić information content (AvgIpc) is 2.67. The van der Waals surface area contributed by atoms with Crippen LogP contribution in [0.4, 0.5) is 0 Å². The smallest absolute Gasteiger partial charge is 0.0613 e. The number of aliphatic hydroxyl groups is 1. The Morgan fingerprint density at radius 3 is 2.25 bits per heavy atom. The number of rotatable bonds is 4. The first-order valence-electron chi connectivity index (χ1n) is 4.83. The minimum atomic E-state index is 0.116. The first-order valence-corrected chi connectivity index (χ1v) is 4.83. The summed E-state index contributed by atoms with van der Waals surface area (Å²) >= 11 is 0. The maximum absolute atomic E-state index is 9.02. The molecule has 0 amide bonds. The molecule has 0 aromatic heterocycles. The van der Waals surface area contributed by atoms with Crippen molar-refractivity contribution in [3.05, 3.63) is 0 Å². The van der Waals surface area contributed by atoms with Crippen LogP contribution in [0, 0.1) is 5.41 Å². The van der Waals surface area contributed by atoms with Gasteiger partial charge in [-0.2, -0.15) is 0 Å². The second-order valence-electron chi connectivity index (χ2n) is 5.18. The van der Waals surface area contributed by atoms with E-state index < -0.39 is 0 Å². The number of aliphatic hydroxyl groups excluding tert-OH is 1. The number of hydrogen-bond acceptors (Lipinski definition) is 2. The lowest BCUT2D eigenvalue weighted by Gasteiger charge is -2.21. The van der Waals surface area contributed by atoms with Gasteiger partial charge in [-0.15, -0.1) is 0 Å². The van der Waals surface area contributed by atoms with Crippen molar-refractivity contribution in [3.63, 3.8) is 0 Å². The molecule has 12 heavy (non-hydrogen) atoms. The Bertz CT molecular complexity index is 144. The van der Waals surface area contributed by atoms with Crippen LogP contribution in [0.2, 0.25) is 0 Å². The highest BCUT2D eigenvalue weighted by molar-refractivity contribution is 5.01. The Morgan fingerprint density at radius 1 is 1.33 bits per heavy atom. The summed E-state index contributed by atoms with van der Waals surface area (Å²) in [5.74, 6) is 0. The van der Waals surface area contributed by atoms with Crippen molar-refractivity contribution in [1.82, 2.24) is 5.32 Å². The molecule has 1 rings (SSSR count). The van der Waals surface area contributed by atoms with Crippen LogP contribution in [0.5, 0.6) is 0 Å². The second-order valence-corrected chi connectivity index (χ2v) is 5.18. The van der Waals surface area contributed by atoms with Crippen LogP contribution in [0.1, 0.15) is 40.0 Å². The normalized spacial score (nSPS) is 21.0. The third-order valence-corrected chi connectivity index (χ3v) is 2.53. The average molecular weight is 171 g/mol. The van der Waals surface area contributed by atoms with Crippen LogP contribution in [-0.4, -0.2) is 23.8 Å². The van der Waals surface area contributed by atoms with E-state index in [0.29, 0.717) is 12.0 Å². The molecule has 1 fully saturated rings. The zero-order valence-corrected chi connectivity index (χ0v) is 8.48. The standard InChI is InChI=1S/C10H21NO/c1-9(2,3)6-7-11-10(8-12)4-5-10/h11-12H,4-8H2,1-3H3. The molecule has 72 valence electrons. The highest BCUT2D eigenvalue weighted by atomic mass is 16.3. The van der Waals surface area contributed by atoms with Gasteiger partial charge in [-0.05, 0) is 31.2 Å². The van der Waals surface area contributed by atoms with Crippen LogP contribution in [0.15, 0.2) is 0 Å². The summed E-state index contributed by atoms with van der Waals surface area (Å²) in [4.78, 5) is 0. The molecule has 2 nitrogen and oxygen atoms in total. The number of hydrogen-bond donors (Lipinski definition) is 2. The third kappa shape index (κ3) is 3.11. The van der Waals surface area contributed by atoms with E-state index in [1.54, 1.807) is 0 Å². The molecule has 0 heterocycles. The van der Waals surface area contributed by atoms with Gasteiger partial charge in [0.1, 0.15) is 0 Å². The molecule has 1 saturated carbocycles. The summed E-state index contributed by atoms with van der Waals surface area (Å²) in [7, 11) is 0. The Labute approximate surface area is 75.4 Å². The Hall–Kier alpha value is -0.0800. The molecule has 0 aliphatic heterocycles. The van der Waals surface area contributed by atoms with Crippen LogP contribution in [0.25, 0.3) is 0 Å². The van der Waals surface area contributed by atoms with Gasteiger partial charge in [-0.3, -0.25) is 0 Å². The molecule has 0 atom stereocenters. The van der Waals surface area contributed by atoms with E-state index in [0.717, 1.165) is 19.4 Å². The van der Waals surface area contributed by atoms with Gasteiger partial charge in [-0.25, -0.2) is 0 Å². The van der Waals surface area contributed by atoms with Crippen molar-refractivity contribution in [2.45, 2.75) is 45.6 Å². The maximum atomic E-state index is 9.02. The van der Waals surface area contributed by atoms with Gasteiger partial charge >= 0.3 is 0 Å². The first kappa shape index (κ1) is 10.0. The summed E-state index contributed by atoms with van der Waals surface area (Å²) < 4.78 is 0. The monoisotopic (exact) mass is 171 g/mol. The predicted molar refractivity (Wildman–Crippen MR) is 51.1 cm³/mol. The summed E-state index contributed by atoms with van der Waals surface area (Å²) in [5.41, 5.74) is 0.518. The van der Waals surface area contributed by atoms with Gasteiger partial charge in [-0.1, -0.05) is 20.8 Å². The Balaban J connectivity index is 2.10. The van der Waals surface area contributed by atoms with Crippen molar-refractivity contribution in [2.24, 2.45) is 5.41 Å². The fraction of sp³-hybridized carbons (Fsp3) is 1.00. The zero-order chi connectivity index (χ0) is 9.24. The van der Waals surface area contributed by atoms with Crippen LogP contribution in [0.3, 0.4) is 0 Å². The molecule has 0 saturated heterocycles. The van der Waals surface area contributed by atoms with Crippen molar-refractivity contribution in [3.8, 4) is 0 Å². The molecule has 2 heteroatoms. The second kappa shape index (κ2) is 3.35. The highest BCUT2D eigenvalue weighted by Crippen LogP contribution is 2.34. The van der Waals surface area contributed by atoms with Gasteiger partial charge < -0.3 is 10.4 Å². The third-order valence-electron chi connectivity index (χ3n) is 2.53. The van der Waals surface area contributed by atoms with Crippen molar-refractivity contribution in [1.29, 1.82) is 0 Å². The number of nitrogens with one attached hydrogen (secondary N) is 1. The summed E-state index contributed by atoms with van der Waals surface area (Å²) in [6.07, 6.45) is 3.47. The van der Waals surface area contributed by atoms with Gasteiger partial charge in [0, 0.05) is 5.54 Å². The molecular formula is C10H21NO. The van der Waals surface area contributed by atoms with Crippen molar-refractivity contribution in [2.75, 3.05) is 13.2 Å². The molecule has 1 aliphatic carbocycles. The quantitative estimate of drug-likeness (QED) is 0.672. The van der Waals surface area contributed by atoms with E-state index in [2.05, 4.69) is 26.1 Å². The van der Waals surface area contributed by atoms with Crippen molar-refractivity contribution < 1.29 is 5.11 Å². The van der Waals surface area contributed by atoms with Gasteiger partial charge in [0.2, 0.25) is 0 Å². The van der Waals surface area contributed by atoms with Gasteiger partial charge in [0.05, 0.1) is 6.61 Å². The van der Waals surface area contributed by atoms with E-state index in [9.17, 15) is 0 Å². The van der Waals surface area contributed by atoms with E-state index in [-0.39, 0.29) is 5.54 Å². The maximum Gasteiger partial charge on any atom is 0.0613 e. The summed E-state index contributed by atoms with van der Waals surface area (Å²) in [6, 6.07) is 0. The highest BCUT2D eigenvalue weighted by Gasteiger charge is 2.41. The minimum absolute atomic E-state index is 0.116. The largest absolute Gasteiger partial charge is 0.394 e. The molecular weight excluding hydrogens is 150 g/mol. The van der Waals surface area contributed by atoms with E-state index in [1.807, 2.05) is 0 Å². The lowest BCUT2D eigenvalue weighted by Crippen LogP contribution is -2.36. The molecule has 0 radical (unpaired) electrons. The van der Waals surface area contributed by atoms with Crippen LogP contribution < -0.4 is 5.32 Å². The lowest BCUT2D eigenvalue weighted by molar-refractivity contribution is 0.224. The first-order chi connectivity index (χ1) is 5.47. The zero-order valence-electron chi connectivity index (χ0n) is 8.48. The fourth-order valence-electron chi connectivity index (χ4n) is 1.24. The molecule has 0 spiro atoms. The fourth-order valence-corrected chi connectivity index (χ4v) is 1.24. The van der Waals surface area contributed by atoms with Gasteiger partial charge in [0.25, 0.3) is 0 Å². The molecule has 0 bridgehead atoms. The summed E-state index contributed by atoms with van der Waals surface area (Å²) in [6.45, 7) is 8.06. The van der Waals surface area contributed by atoms with Crippen LogP contribution >= 0.6 is 0 Å². The van der Waals surface area contributed by atoms with Gasteiger partial charge in [0.15, 0.2) is 0 Å². The van der Waals surface area contributed by atoms with E-state index in [1.165, 1.54) is 6.42 Å². The van der Waals surface area contributed by atoms with Crippen LogP contribution in [-0.2, 0) is 0 Å². The van der Waals surface area contributed by atoms with Crippen molar-refractivity contribution >= 4 is 0 Å². The topological polar surface area (TPSA) is 32.3 Å². The Kier molecular flexibility index (Phi) is 2.79. The van der Waals surface area contributed by atoms with E-state index >= 15 is 0 Å². The lowest BCUT2D eigenvalue weighted by atomic mass is 9.92. The predicted octanol–water partition coefficient (Wildman–Crippen LogP) is 1.54. The summed E-state index contributed by atoms with van der Waals surface area (Å²) in [5, 5.41) is 12.4. The molecule has 0 aromatic carbocycles. The molecule has 0 unspecified atom stereocenters. The van der Waals surface area contributed by atoms with E-state index in [4.69, 9.17) is 5.11 Å². The minimum Gasteiger partial charge on any atom is -0.394 e. The molecule has 0 aromatic rings. The molecule has 2 N–H and O–H groups in total. The SMILES string of the molecule is CC(C)(C)CCNC1(CO)CC1. The Morgan fingerprint density at radius 2 is 1.92 bits per heavy atom. The molecule has 1 aliphatic rings.